The number of nitrogens with one attached hydrogen (secondary N) is 2. The van der Waals surface area contributed by atoms with Crippen LogP contribution in [0.3, 0.4) is 0 Å². The number of nitrogens with zero attached hydrogens (tertiary/aromatic N) is 1. The topological polar surface area (TPSA) is 99.3 Å². The van der Waals surface area contributed by atoms with Gasteiger partial charge in [0.05, 0.1) is 0 Å². The van der Waals surface area contributed by atoms with E-state index in [9.17, 15) is 9.59 Å². The van der Waals surface area contributed by atoms with E-state index in [4.69, 9.17) is 11.1 Å². The van der Waals surface area contributed by atoms with E-state index in [1.165, 1.54) is 4.90 Å². The molecule has 0 aromatic carbocycles. The number of carbonyl (C=O) groups is 2. The summed E-state index contributed by atoms with van der Waals surface area (Å²) in [5, 5.41) is 8.90. The predicted molar refractivity (Wildman–Crippen MR) is 54.2 cm³/mol. The number of amidine groups is 1. The zero-order valence-electron chi connectivity index (χ0n) is 7.49. The fourth-order valence-electron chi connectivity index (χ4n) is 1.48. The SMILES string of the molecule is N=C(S)NC(=O)N1CCC[C@H]1C(N)=O. The van der Waals surface area contributed by atoms with Gasteiger partial charge >= 0.3 is 6.03 Å². The van der Waals surface area contributed by atoms with Crippen LogP contribution in [-0.2, 0) is 4.79 Å². The molecule has 0 aliphatic carbocycles. The van der Waals surface area contributed by atoms with Gasteiger partial charge in [0.15, 0.2) is 5.17 Å². The van der Waals surface area contributed by atoms with Crippen molar-refractivity contribution >= 4 is 29.7 Å². The minimum Gasteiger partial charge on any atom is -0.368 e. The molecule has 1 atom stereocenters. The Morgan fingerprint density at radius 2 is 2.21 bits per heavy atom. The minimum absolute atomic E-state index is 0.245. The van der Waals surface area contributed by atoms with Crippen LogP contribution >= 0.6 is 12.6 Å². The molecule has 1 aliphatic rings. The molecule has 1 aliphatic heterocycles. The van der Waals surface area contributed by atoms with Crippen molar-refractivity contribution in [2.45, 2.75) is 18.9 Å². The lowest BCUT2D eigenvalue weighted by atomic mass is 10.2. The Kier molecular flexibility index (Phi) is 3.34. The molecule has 0 unspecified atom stereocenters. The van der Waals surface area contributed by atoms with Crippen LogP contribution in [-0.4, -0.2) is 34.6 Å². The number of nitrogens with two attached hydrogens (primary N) is 1. The summed E-state index contributed by atoms with van der Waals surface area (Å²) >= 11 is 3.62. The molecule has 0 saturated carbocycles. The Labute approximate surface area is 86.7 Å². The molecule has 0 aromatic rings. The summed E-state index contributed by atoms with van der Waals surface area (Å²) in [7, 11) is 0. The number of likely N-dealkylation sites (tertiary alicyclic amines) is 1. The number of urea groups is 1. The molecule has 3 amide bonds. The third-order valence-corrected chi connectivity index (χ3v) is 2.18. The summed E-state index contributed by atoms with van der Waals surface area (Å²) in [5.41, 5.74) is 5.12. The number of primary amides is 1. The summed E-state index contributed by atoms with van der Waals surface area (Å²) in [6, 6.07) is -1.05. The Bertz CT molecular complexity index is 281. The Morgan fingerprint density at radius 1 is 1.57 bits per heavy atom. The Morgan fingerprint density at radius 3 is 2.71 bits per heavy atom. The number of carbonyl (C=O) groups excluding carboxylic acids is 2. The average Bonchev–Trinajstić information content (AvgIpc) is 2.49. The lowest BCUT2D eigenvalue weighted by Crippen LogP contribution is -2.48. The molecule has 1 fully saturated rings. The molecule has 1 rings (SSSR count). The molecular formula is C7H12N4O2S. The number of hydrogen-bond acceptors (Lipinski definition) is 3. The van der Waals surface area contributed by atoms with Crippen molar-refractivity contribution in [3.63, 3.8) is 0 Å². The summed E-state index contributed by atoms with van der Waals surface area (Å²) < 4.78 is 0. The summed E-state index contributed by atoms with van der Waals surface area (Å²) in [6.45, 7) is 0.487. The second-order valence-corrected chi connectivity index (χ2v) is 3.48. The minimum atomic E-state index is -0.553. The first-order valence-corrected chi connectivity index (χ1v) is 4.61. The van der Waals surface area contributed by atoms with E-state index in [0.29, 0.717) is 13.0 Å². The monoisotopic (exact) mass is 216 g/mol. The van der Waals surface area contributed by atoms with Gasteiger partial charge in [-0.3, -0.25) is 15.5 Å². The highest BCUT2D eigenvalue weighted by Crippen LogP contribution is 2.16. The molecule has 0 aromatic heterocycles. The maximum atomic E-state index is 11.4. The average molecular weight is 216 g/mol. The fraction of sp³-hybridized carbons (Fsp3) is 0.571. The van der Waals surface area contributed by atoms with Gasteiger partial charge < -0.3 is 10.6 Å². The van der Waals surface area contributed by atoms with Crippen molar-refractivity contribution in [3.05, 3.63) is 0 Å². The van der Waals surface area contributed by atoms with Crippen molar-refractivity contribution < 1.29 is 9.59 Å². The van der Waals surface area contributed by atoms with Gasteiger partial charge in [-0.1, -0.05) is 0 Å². The van der Waals surface area contributed by atoms with Crippen LogP contribution in [0.15, 0.2) is 0 Å². The van der Waals surface area contributed by atoms with Crippen molar-refractivity contribution in [1.29, 1.82) is 5.41 Å². The lowest BCUT2D eigenvalue weighted by Gasteiger charge is -2.21. The molecule has 7 heteroatoms. The van der Waals surface area contributed by atoms with Crippen LogP contribution in [0.2, 0.25) is 0 Å². The van der Waals surface area contributed by atoms with Crippen LogP contribution in [0.5, 0.6) is 0 Å². The van der Waals surface area contributed by atoms with Gasteiger partial charge in [-0.15, -0.1) is 12.6 Å². The zero-order chi connectivity index (χ0) is 10.7. The first kappa shape index (κ1) is 10.8. The number of hydrogen-bond donors (Lipinski definition) is 4. The molecule has 78 valence electrons. The highest BCUT2D eigenvalue weighted by atomic mass is 32.1. The maximum Gasteiger partial charge on any atom is 0.324 e. The van der Waals surface area contributed by atoms with Gasteiger partial charge in [0.25, 0.3) is 0 Å². The van der Waals surface area contributed by atoms with Gasteiger partial charge in [0, 0.05) is 6.54 Å². The molecular weight excluding hydrogens is 204 g/mol. The smallest absolute Gasteiger partial charge is 0.324 e. The number of rotatable bonds is 1. The standard InChI is InChI=1S/C7H12N4O2S/c8-5(12)4-2-1-3-11(4)7(13)10-6(9)14/h4H,1-3H2,(H2,8,12)(H3,9,10,13,14)/t4-/m0/s1. The van der Waals surface area contributed by atoms with Gasteiger partial charge in [-0.05, 0) is 12.8 Å². The third-order valence-electron chi connectivity index (χ3n) is 2.07. The van der Waals surface area contributed by atoms with Gasteiger partial charge in [-0.25, -0.2) is 4.79 Å². The van der Waals surface area contributed by atoms with Gasteiger partial charge in [0.2, 0.25) is 5.91 Å². The first-order valence-electron chi connectivity index (χ1n) is 4.17. The predicted octanol–water partition coefficient (Wildman–Crippen LogP) is -0.490. The van der Waals surface area contributed by atoms with Crippen LogP contribution in [0.25, 0.3) is 0 Å². The third kappa shape index (κ3) is 2.38. The van der Waals surface area contributed by atoms with Crippen molar-refractivity contribution in [1.82, 2.24) is 10.2 Å². The molecule has 0 bridgehead atoms. The molecule has 0 radical (unpaired) electrons. The molecule has 1 heterocycles. The van der Waals surface area contributed by atoms with Crippen LogP contribution in [0.4, 0.5) is 4.79 Å². The second-order valence-electron chi connectivity index (χ2n) is 3.03. The summed E-state index contributed by atoms with van der Waals surface area (Å²) in [4.78, 5) is 23.6. The first-order chi connectivity index (χ1) is 6.52. The van der Waals surface area contributed by atoms with Crippen molar-refractivity contribution in [2.75, 3.05) is 6.54 Å². The second kappa shape index (κ2) is 4.32. The Balaban J connectivity index is 2.62. The maximum absolute atomic E-state index is 11.4. The number of amides is 3. The van der Waals surface area contributed by atoms with E-state index < -0.39 is 18.0 Å². The van der Waals surface area contributed by atoms with Gasteiger partial charge in [-0.2, -0.15) is 0 Å². The zero-order valence-corrected chi connectivity index (χ0v) is 8.38. The van der Waals surface area contributed by atoms with Crippen LogP contribution in [0, 0.1) is 5.41 Å². The van der Waals surface area contributed by atoms with E-state index in [0.717, 1.165) is 6.42 Å². The number of thiol groups is 1. The highest BCUT2D eigenvalue weighted by molar-refractivity contribution is 7.96. The molecule has 1 saturated heterocycles. The van der Waals surface area contributed by atoms with Crippen molar-refractivity contribution in [2.24, 2.45) is 5.73 Å². The summed E-state index contributed by atoms with van der Waals surface area (Å²) in [6.07, 6.45) is 1.34. The molecule has 0 spiro atoms. The normalized spacial score (nSPS) is 20.6. The highest BCUT2D eigenvalue weighted by Gasteiger charge is 2.32. The van der Waals surface area contributed by atoms with Crippen LogP contribution in [0.1, 0.15) is 12.8 Å². The van der Waals surface area contributed by atoms with E-state index in [1.54, 1.807) is 0 Å². The summed E-state index contributed by atoms with van der Waals surface area (Å²) in [5.74, 6) is -0.511. The van der Waals surface area contributed by atoms with E-state index in [2.05, 4.69) is 17.9 Å². The van der Waals surface area contributed by atoms with Gasteiger partial charge in [0.1, 0.15) is 6.04 Å². The van der Waals surface area contributed by atoms with Crippen molar-refractivity contribution in [3.8, 4) is 0 Å². The van der Waals surface area contributed by atoms with E-state index in [-0.39, 0.29) is 5.17 Å². The van der Waals surface area contributed by atoms with E-state index in [1.807, 2.05) is 0 Å². The van der Waals surface area contributed by atoms with Crippen LogP contribution < -0.4 is 11.1 Å². The Hall–Kier alpha value is -1.24. The lowest BCUT2D eigenvalue weighted by molar-refractivity contribution is -0.121. The largest absolute Gasteiger partial charge is 0.368 e. The molecule has 4 N–H and O–H groups in total. The fourth-order valence-corrected chi connectivity index (χ4v) is 1.57. The molecule has 6 nitrogen and oxygen atoms in total. The molecule has 14 heavy (non-hydrogen) atoms. The quantitative estimate of drug-likeness (QED) is 0.270. The van der Waals surface area contributed by atoms with E-state index >= 15 is 0 Å².